The number of pyridine rings is 2. The van der Waals surface area contributed by atoms with E-state index >= 15 is 0 Å². The first-order valence-corrected chi connectivity index (χ1v) is 47.8. The summed E-state index contributed by atoms with van der Waals surface area (Å²) in [6.07, 6.45) is 3.71. The van der Waals surface area contributed by atoms with Crippen molar-refractivity contribution in [2.24, 2.45) is 0 Å². The number of hydrogen-bond acceptors (Lipinski definition) is 11. The highest BCUT2D eigenvalue weighted by Crippen LogP contribution is 2.53. The van der Waals surface area contributed by atoms with Gasteiger partial charge in [0.1, 0.15) is 0 Å². The maximum atomic E-state index is 5.09. The molecule has 664 valence electrons. The Balaban J connectivity index is 0.000000112. The van der Waals surface area contributed by atoms with Crippen molar-refractivity contribution in [3.8, 4) is 214 Å². The monoisotopic (exact) mass is 1810 g/mol. The van der Waals surface area contributed by atoms with E-state index in [2.05, 4.69) is 291 Å². The van der Waals surface area contributed by atoms with Gasteiger partial charge in [-0.3, -0.25) is 9.97 Å². The van der Waals surface area contributed by atoms with E-state index in [-0.39, 0.29) is 0 Å². The summed E-state index contributed by atoms with van der Waals surface area (Å²) in [5, 5.41) is 12.6. The molecule has 27 rings (SSSR count). The van der Waals surface area contributed by atoms with Gasteiger partial charge in [0.25, 0.3) is 0 Å². The van der Waals surface area contributed by atoms with Gasteiger partial charge >= 0.3 is 0 Å². The molecule has 11 nitrogen and oxygen atoms in total. The SMILES string of the molecule is Cc1ccc(-c2cc(-c3ccc4c5ccccc5c5ccccc5c4c3)cc(-c3nc(-c4ccccc4)nc(-c4ccccc4)n3)c2)c(C)n1.c1ccc(-c2cc(-c3nc(-c4ccccc4)nc(-c4ccccc4)n3)cc(-c3ccc4c5c(cccc35)-c3ccccc3-4)c2)cc1.c1ccc(-c2nc(-c3ccccc3)nc(-c3cc(-c4cccnc4)cc(-c4ccc5c6c(cccc46)-c4ccccc4-5)c3)n2)cc1. The topological polar surface area (TPSA) is 142 Å². The Morgan fingerprint density at radius 1 is 0.134 bits per heavy atom. The van der Waals surface area contributed by atoms with E-state index in [1.165, 1.54) is 109 Å². The predicted octanol–water partition coefficient (Wildman–Crippen LogP) is 33.1. The van der Waals surface area contributed by atoms with Gasteiger partial charge in [-0.2, -0.15) is 0 Å². The van der Waals surface area contributed by atoms with Crippen molar-refractivity contribution in [1.29, 1.82) is 0 Å². The quantitative estimate of drug-likeness (QED) is 0.0906. The molecule has 25 aromatic rings. The second-order valence-corrected chi connectivity index (χ2v) is 35.9. The Morgan fingerprint density at radius 3 is 0.739 bits per heavy atom. The van der Waals surface area contributed by atoms with E-state index in [4.69, 9.17) is 49.8 Å². The third-order valence-corrected chi connectivity index (χ3v) is 27.1. The average Bonchev–Trinajstić information content (AvgIpc) is 1.45. The standard InChI is InChI=1S/C46H32N4.C43H27N3.C42H26N4/c1-29-21-23-37(30(2)47-29)35-25-34(33-22-24-42-40-19-10-9-17-38(40)39-18-11-12-20-41(39)43(42)28-33)26-36(27-35)46-49-44(31-13-5-3-6-14-31)48-45(50-46)32-15-7-4-8-16-32;1-4-13-28(14-5-1)31-25-32(34-23-24-39-36-20-11-10-19-35(36)38-22-12-21-37(34)40(38)39)27-33(26-31)43-45-41(29-15-6-2-7-16-29)44-42(46-43)30-17-8-3-9-18-30;1-3-11-27(12-4-1)40-44-41(28-13-5-2-6-14-28)46-42(45-40)32-24-30(29-15-10-22-43-26-29)23-31(25-32)33-20-21-38-35-17-8-7-16-34(35)37-19-9-18-36(33)39(37)38/h3-28H,1-2H3;1-27H;1-26H. The van der Waals surface area contributed by atoms with Gasteiger partial charge in [-0.05, 0) is 241 Å². The van der Waals surface area contributed by atoms with Gasteiger partial charge in [0, 0.05) is 85.0 Å². The molecule has 0 aliphatic heterocycles. The van der Waals surface area contributed by atoms with Crippen LogP contribution in [0.3, 0.4) is 0 Å². The fourth-order valence-electron chi connectivity index (χ4n) is 20.4. The van der Waals surface area contributed by atoms with Crippen LogP contribution in [0.15, 0.2) is 480 Å². The molecule has 0 unspecified atom stereocenters. The van der Waals surface area contributed by atoms with Crippen LogP contribution < -0.4 is 0 Å². The molecule has 0 atom stereocenters. The van der Waals surface area contributed by atoms with Crippen LogP contribution >= 0.6 is 0 Å². The zero-order chi connectivity index (χ0) is 94.5. The normalized spacial score (nSPS) is 11.5. The summed E-state index contributed by atoms with van der Waals surface area (Å²) in [6.45, 7) is 4.11. The van der Waals surface area contributed by atoms with Crippen LogP contribution in [-0.2, 0) is 0 Å². The Bertz CT molecular complexity index is 8600. The minimum atomic E-state index is 0.621. The summed E-state index contributed by atoms with van der Waals surface area (Å²) in [6, 6.07) is 164. The van der Waals surface area contributed by atoms with Crippen LogP contribution in [0.2, 0.25) is 0 Å². The molecule has 11 heteroatoms. The molecule has 5 heterocycles. The molecule has 0 fully saturated rings. The summed E-state index contributed by atoms with van der Waals surface area (Å²) < 4.78 is 0. The lowest BCUT2D eigenvalue weighted by Gasteiger charge is -2.15. The van der Waals surface area contributed by atoms with Gasteiger partial charge in [-0.25, -0.2) is 44.9 Å². The first kappa shape index (κ1) is 84.7. The molecule has 2 aliphatic carbocycles. The molecule has 0 saturated heterocycles. The second kappa shape index (κ2) is 36.6. The average molecular weight is 1810 g/mol. The van der Waals surface area contributed by atoms with E-state index in [1.807, 2.05) is 201 Å². The van der Waals surface area contributed by atoms with Crippen LogP contribution in [0, 0.1) is 13.8 Å². The summed E-state index contributed by atoms with van der Waals surface area (Å²) in [5.74, 6) is 5.75. The fourth-order valence-corrected chi connectivity index (χ4v) is 20.4. The van der Waals surface area contributed by atoms with Crippen molar-refractivity contribution in [2.75, 3.05) is 0 Å². The van der Waals surface area contributed by atoms with Crippen molar-refractivity contribution in [3.63, 3.8) is 0 Å². The van der Waals surface area contributed by atoms with Crippen molar-refractivity contribution < 1.29 is 0 Å². The maximum Gasteiger partial charge on any atom is 0.164 e. The van der Waals surface area contributed by atoms with Gasteiger partial charge in [0.15, 0.2) is 52.4 Å². The third kappa shape index (κ3) is 16.1. The molecule has 0 radical (unpaired) electrons. The molecule has 0 saturated carbocycles. The molecule has 2 aliphatic rings. The zero-order valence-electron chi connectivity index (χ0n) is 77.5. The summed E-state index contributed by atoms with van der Waals surface area (Å²) in [7, 11) is 0. The second-order valence-electron chi connectivity index (χ2n) is 35.9. The van der Waals surface area contributed by atoms with Crippen molar-refractivity contribution in [1.82, 2.24) is 54.8 Å². The zero-order valence-corrected chi connectivity index (χ0v) is 77.5. The number of aromatic nitrogens is 11. The minimum absolute atomic E-state index is 0.621. The lowest BCUT2D eigenvalue weighted by atomic mass is 9.90. The number of benzene rings is 20. The molecule has 20 aromatic carbocycles. The maximum absolute atomic E-state index is 5.09. The summed E-state index contributed by atoms with van der Waals surface area (Å²) >= 11 is 0. The molecular formula is C131H85N11. The van der Waals surface area contributed by atoms with Crippen molar-refractivity contribution in [2.45, 2.75) is 13.8 Å². The first-order chi connectivity index (χ1) is 70.2. The largest absolute Gasteiger partial charge is 0.264 e. The summed E-state index contributed by atoms with van der Waals surface area (Å²) in [4.78, 5) is 54.5. The molecular weight excluding hydrogens is 1730 g/mol. The first-order valence-electron chi connectivity index (χ1n) is 47.8. The van der Waals surface area contributed by atoms with Gasteiger partial charge in [0.2, 0.25) is 0 Å². The predicted molar refractivity (Wildman–Crippen MR) is 582 cm³/mol. The number of fused-ring (bicyclic) bond motifs is 12. The van der Waals surface area contributed by atoms with Crippen LogP contribution in [0.1, 0.15) is 11.4 Å². The molecule has 0 spiro atoms. The number of rotatable bonds is 15. The van der Waals surface area contributed by atoms with Gasteiger partial charge < -0.3 is 0 Å². The molecule has 0 N–H and O–H groups in total. The third-order valence-electron chi connectivity index (χ3n) is 27.1. The molecule has 142 heavy (non-hydrogen) atoms. The van der Waals surface area contributed by atoms with Crippen LogP contribution in [0.25, 0.3) is 268 Å². The molecule has 5 aromatic heterocycles. The smallest absolute Gasteiger partial charge is 0.164 e. The number of nitrogens with zero attached hydrogens (tertiary/aromatic N) is 11. The van der Waals surface area contributed by atoms with Gasteiger partial charge in [0.05, 0.1) is 0 Å². The minimum Gasteiger partial charge on any atom is -0.264 e. The highest BCUT2D eigenvalue weighted by Gasteiger charge is 2.28. The lowest BCUT2D eigenvalue weighted by Crippen LogP contribution is -2.00. The van der Waals surface area contributed by atoms with Crippen LogP contribution in [-0.4, -0.2) is 54.8 Å². The van der Waals surface area contributed by atoms with Gasteiger partial charge in [-0.1, -0.05) is 394 Å². The van der Waals surface area contributed by atoms with Crippen molar-refractivity contribution in [3.05, 3.63) is 491 Å². The van der Waals surface area contributed by atoms with Crippen LogP contribution in [0.5, 0.6) is 0 Å². The Labute approximate surface area is 821 Å². The Kier molecular flexibility index (Phi) is 21.8. The number of hydrogen-bond donors (Lipinski definition) is 0. The van der Waals surface area contributed by atoms with Crippen molar-refractivity contribution >= 4 is 53.9 Å². The number of aryl methyl sites for hydroxylation is 2. The van der Waals surface area contributed by atoms with E-state index in [0.717, 1.165) is 117 Å². The highest BCUT2D eigenvalue weighted by atomic mass is 15.1. The van der Waals surface area contributed by atoms with E-state index in [9.17, 15) is 0 Å². The Hall–Kier alpha value is -19.0. The summed E-state index contributed by atoms with van der Waals surface area (Å²) in [5.41, 5.74) is 34.0. The van der Waals surface area contributed by atoms with E-state index < -0.39 is 0 Å². The van der Waals surface area contributed by atoms with E-state index in [0.29, 0.717) is 52.4 Å². The lowest BCUT2D eigenvalue weighted by molar-refractivity contribution is 1.07. The van der Waals surface area contributed by atoms with Gasteiger partial charge in [-0.15, -0.1) is 0 Å². The van der Waals surface area contributed by atoms with E-state index in [1.54, 1.807) is 6.20 Å². The molecule has 0 amide bonds. The fraction of sp³-hybridized carbons (Fsp3) is 0.0153. The Morgan fingerprint density at radius 2 is 0.387 bits per heavy atom. The highest BCUT2D eigenvalue weighted by molar-refractivity contribution is 6.26. The molecule has 0 bridgehead atoms. The van der Waals surface area contributed by atoms with Crippen LogP contribution in [0.4, 0.5) is 0 Å².